The molecule has 3 N–H and O–H groups in total. The first-order chi connectivity index (χ1) is 9.74. The molecule has 0 atom stereocenters. The fraction of sp³-hybridized carbons (Fsp3) is 0.462. The molecule has 1 aliphatic rings. The first-order valence-corrected chi connectivity index (χ1v) is 6.80. The summed E-state index contributed by atoms with van der Waals surface area (Å²) in [5.74, 6) is 2.69. The van der Waals surface area contributed by atoms with Gasteiger partial charge in [0.25, 0.3) is 0 Å². The van der Waals surface area contributed by atoms with Crippen molar-refractivity contribution in [1.82, 2.24) is 15.1 Å². The van der Waals surface area contributed by atoms with Gasteiger partial charge < -0.3 is 20.5 Å². The maximum Gasteiger partial charge on any atom is 0.175 e. The second-order valence-electron chi connectivity index (χ2n) is 4.96. The lowest BCUT2D eigenvalue weighted by molar-refractivity contribution is 0.400. The molecule has 1 saturated heterocycles. The summed E-state index contributed by atoms with van der Waals surface area (Å²) < 4.78 is 5.02. The fourth-order valence-electron chi connectivity index (χ4n) is 2.39. The first-order valence-electron chi connectivity index (χ1n) is 6.80. The van der Waals surface area contributed by atoms with Crippen LogP contribution < -0.4 is 16.0 Å². The van der Waals surface area contributed by atoms with Crippen molar-refractivity contribution in [1.29, 1.82) is 0 Å². The number of rotatable bonds is 3. The molecule has 1 aliphatic heterocycles. The van der Waals surface area contributed by atoms with Gasteiger partial charge in [-0.2, -0.15) is 0 Å². The fourth-order valence-corrected chi connectivity index (χ4v) is 2.39. The minimum Gasteiger partial charge on any atom is -0.393 e. The number of hydrogen-bond acceptors (Lipinski definition) is 7. The van der Waals surface area contributed by atoms with E-state index < -0.39 is 0 Å². The molecule has 0 radical (unpaired) electrons. The van der Waals surface area contributed by atoms with Crippen LogP contribution in [0.25, 0.3) is 0 Å². The van der Waals surface area contributed by atoms with Crippen molar-refractivity contribution in [2.45, 2.75) is 26.2 Å². The predicted octanol–water partition coefficient (Wildman–Crippen LogP) is 2.09. The van der Waals surface area contributed by atoms with Gasteiger partial charge in [0.05, 0.1) is 0 Å². The molecule has 2 aromatic rings. The molecule has 0 amide bonds. The number of anilines is 4. The maximum absolute atomic E-state index is 6.18. The summed E-state index contributed by atoms with van der Waals surface area (Å²) in [6, 6.07) is 1.79. The van der Waals surface area contributed by atoms with Gasteiger partial charge in [0.2, 0.25) is 0 Å². The molecule has 3 rings (SSSR count). The Morgan fingerprint density at radius 1 is 1.25 bits per heavy atom. The number of aryl methyl sites for hydroxylation is 1. The van der Waals surface area contributed by atoms with E-state index in [2.05, 4.69) is 25.3 Å². The van der Waals surface area contributed by atoms with Gasteiger partial charge in [0.1, 0.15) is 17.8 Å². The van der Waals surface area contributed by atoms with Gasteiger partial charge in [0.15, 0.2) is 17.5 Å². The highest BCUT2D eigenvalue weighted by atomic mass is 16.5. The molecule has 106 valence electrons. The maximum atomic E-state index is 6.18. The van der Waals surface area contributed by atoms with E-state index in [1.807, 2.05) is 6.92 Å². The third-order valence-electron chi connectivity index (χ3n) is 3.39. The SMILES string of the molecule is Cc1cc(Nc2ncnc(N3CCCCC3)c2N)no1. The zero-order valence-corrected chi connectivity index (χ0v) is 11.5. The van der Waals surface area contributed by atoms with E-state index in [1.54, 1.807) is 6.07 Å². The van der Waals surface area contributed by atoms with E-state index in [4.69, 9.17) is 10.3 Å². The minimum absolute atomic E-state index is 0.551. The second kappa shape index (κ2) is 5.36. The molecular weight excluding hydrogens is 256 g/mol. The Balaban J connectivity index is 1.84. The number of nitrogens with one attached hydrogen (secondary N) is 1. The van der Waals surface area contributed by atoms with Crippen molar-refractivity contribution in [3.05, 3.63) is 18.2 Å². The summed E-state index contributed by atoms with van der Waals surface area (Å²) in [6.07, 6.45) is 5.14. The Morgan fingerprint density at radius 3 is 2.75 bits per heavy atom. The van der Waals surface area contributed by atoms with Crippen molar-refractivity contribution < 1.29 is 4.52 Å². The molecule has 2 aromatic heterocycles. The van der Waals surface area contributed by atoms with Crippen molar-refractivity contribution in [2.75, 3.05) is 29.0 Å². The smallest absolute Gasteiger partial charge is 0.175 e. The molecule has 0 aromatic carbocycles. The van der Waals surface area contributed by atoms with Crippen LogP contribution in [-0.2, 0) is 0 Å². The van der Waals surface area contributed by atoms with E-state index in [0.29, 0.717) is 17.3 Å². The molecule has 1 fully saturated rings. The van der Waals surface area contributed by atoms with Gasteiger partial charge in [-0.3, -0.25) is 0 Å². The Hall–Kier alpha value is -2.31. The van der Waals surface area contributed by atoms with Crippen molar-refractivity contribution in [3.8, 4) is 0 Å². The quantitative estimate of drug-likeness (QED) is 0.885. The van der Waals surface area contributed by atoms with E-state index in [0.717, 1.165) is 24.7 Å². The summed E-state index contributed by atoms with van der Waals surface area (Å²) in [6.45, 7) is 3.81. The topological polar surface area (TPSA) is 93.1 Å². The molecular formula is C13H18N6O. The summed E-state index contributed by atoms with van der Waals surface area (Å²) in [7, 11) is 0. The number of nitrogens with two attached hydrogens (primary N) is 1. The van der Waals surface area contributed by atoms with Crippen LogP contribution in [0.5, 0.6) is 0 Å². The second-order valence-corrected chi connectivity index (χ2v) is 4.96. The number of aromatic nitrogens is 3. The van der Waals surface area contributed by atoms with E-state index in [1.165, 1.54) is 25.6 Å². The van der Waals surface area contributed by atoms with E-state index in [-0.39, 0.29) is 0 Å². The lowest BCUT2D eigenvalue weighted by Crippen LogP contribution is -2.31. The Labute approximate surface area is 117 Å². The van der Waals surface area contributed by atoms with Crippen LogP contribution in [0.4, 0.5) is 23.1 Å². The van der Waals surface area contributed by atoms with Crippen LogP contribution in [-0.4, -0.2) is 28.2 Å². The van der Waals surface area contributed by atoms with Crippen LogP contribution in [0.1, 0.15) is 25.0 Å². The van der Waals surface area contributed by atoms with Crippen molar-refractivity contribution in [3.63, 3.8) is 0 Å². The largest absolute Gasteiger partial charge is 0.393 e. The third kappa shape index (κ3) is 2.52. The highest BCUT2D eigenvalue weighted by molar-refractivity contribution is 5.77. The molecule has 0 bridgehead atoms. The third-order valence-corrected chi connectivity index (χ3v) is 3.39. The minimum atomic E-state index is 0.551. The van der Waals surface area contributed by atoms with Crippen LogP contribution in [0.2, 0.25) is 0 Å². The molecule has 0 spiro atoms. The number of hydrogen-bond donors (Lipinski definition) is 2. The average Bonchev–Trinajstić information content (AvgIpc) is 2.87. The van der Waals surface area contributed by atoms with Crippen molar-refractivity contribution >= 4 is 23.1 Å². The van der Waals surface area contributed by atoms with E-state index >= 15 is 0 Å². The van der Waals surface area contributed by atoms with Gasteiger partial charge in [-0.25, -0.2) is 9.97 Å². The Kier molecular flexibility index (Phi) is 3.41. The molecule has 20 heavy (non-hydrogen) atoms. The van der Waals surface area contributed by atoms with E-state index in [9.17, 15) is 0 Å². The molecule has 0 saturated carbocycles. The van der Waals surface area contributed by atoms with Gasteiger partial charge >= 0.3 is 0 Å². The van der Waals surface area contributed by atoms with Gasteiger partial charge in [-0.05, 0) is 26.2 Å². The summed E-state index contributed by atoms with van der Waals surface area (Å²) in [5.41, 5.74) is 6.73. The zero-order chi connectivity index (χ0) is 13.9. The summed E-state index contributed by atoms with van der Waals surface area (Å²) >= 11 is 0. The molecule has 0 unspecified atom stereocenters. The van der Waals surface area contributed by atoms with Crippen molar-refractivity contribution in [2.24, 2.45) is 0 Å². The standard InChI is InChI=1S/C13H18N6O/c1-9-7-10(18-20-9)17-12-11(14)13(16-8-15-12)19-5-3-2-4-6-19/h7-8H,2-6,14H2,1H3,(H,15,16,17,18). The van der Waals surface area contributed by atoms with Gasteiger partial charge in [0, 0.05) is 19.2 Å². The Bertz CT molecular complexity index is 590. The predicted molar refractivity (Wildman–Crippen MR) is 77.0 cm³/mol. The summed E-state index contributed by atoms with van der Waals surface area (Å²) in [5, 5.41) is 6.94. The lowest BCUT2D eigenvalue weighted by Gasteiger charge is -2.28. The van der Waals surface area contributed by atoms with Gasteiger partial charge in [-0.1, -0.05) is 5.16 Å². The number of piperidine rings is 1. The van der Waals surface area contributed by atoms with Crippen LogP contribution in [0.15, 0.2) is 16.9 Å². The number of nitrogen functional groups attached to an aromatic ring is 1. The molecule has 0 aliphatic carbocycles. The van der Waals surface area contributed by atoms with Crippen LogP contribution in [0, 0.1) is 6.92 Å². The van der Waals surface area contributed by atoms with Crippen LogP contribution >= 0.6 is 0 Å². The molecule has 7 nitrogen and oxygen atoms in total. The average molecular weight is 274 g/mol. The highest BCUT2D eigenvalue weighted by Gasteiger charge is 2.17. The Morgan fingerprint density at radius 2 is 2.05 bits per heavy atom. The van der Waals surface area contributed by atoms with Crippen LogP contribution in [0.3, 0.4) is 0 Å². The molecule has 3 heterocycles. The monoisotopic (exact) mass is 274 g/mol. The normalized spacial score (nSPS) is 15.3. The van der Waals surface area contributed by atoms with Gasteiger partial charge in [-0.15, -0.1) is 0 Å². The summed E-state index contributed by atoms with van der Waals surface area (Å²) in [4.78, 5) is 10.7. The number of nitrogens with zero attached hydrogens (tertiary/aromatic N) is 4. The molecule has 7 heteroatoms. The zero-order valence-electron chi connectivity index (χ0n) is 11.5. The highest BCUT2D eigenvalue weighted by Crippen LogP contribution is 2.29. The first kappa shape index (κ1) is 12.7. The lowest BCUT2D eigenvalue weighted by atomic mass is 10.1.